The lowest BCUT2D eigenvalue weighted by atomic mass is 10.1. The third-order valence-electron chi connectivity index (χ3n) is 3.56. The Bertz CT molecular complexity index is 683. The van der Waals surface area contributed by atoms with Crippen LogP contribution in [0, 0.1) is 6.92 Å². The SMILES string of the molecule is COc1ccc(NC(=O)N2CCOc3ccc(C)cc32)cc1. The molecule has 0 saturated carbocycles. The minimum Gasteiger partial charge on any atom is -0.497 e. The molecular formula is C17H18N2O3. The normalized spacial score (nSPS) is 13.1. The quantitative estimate of drug-likeness (QED) is 0.924. The van der Waals surface area contributed by atoms with Crippen molar-refractivity contribution in [2.45, 2.75) is 6.92 Å². The van der Waals surface area contributed by atoms with E-state index in [1.807, 2.05) is 49.4 Å². The summed E-state index contributed by atoms with van der Waals surface area (Å²) in [6.07, 6.45) is 0. The van der Waals surface area contributed by atoms with Gasteiger partial charge in [0.25, 0.3) is 0 Å². The summed E-state index contributed by atoms with van der Waals surface area (Å²) in [5.41, 5.74) is 2.62. The van der Waals surface area contributed by atoms with Crippen LogP contribution in [0.2, 0.25) is 0 Å². The van der Waals surface area contributed by atoms with Gasteiger partial charge < -0.3 is 14.8 Å². The number of aryl methyl sites for hydroxylation is 1. The van der Waals surface area contributed by atoms with Gasteiger partial charge in [-0.1, -0.05) is 6.07 Å². The maximum Gasteiger partial charge on any atom is 0.326 e. The van der Waals surface area contributed by atoms with Gasteiger partial charge >= 0.3 is 6.03 Å². The molecule has 1 heterocycles. The second kappa shape index (κ2) is 5.97. The number of benzene rings is 2. The van der Waals surface area contributed by atoms with E-state index in [0.29, 0.717) is 13.2 Å². The molecule has 0 saturated heterocycles. The molecule has 0 unspecified atom stereocenters. The van der Waals surface area contributed by atoms with Gasteiger partial charge in [0.2, 0.25) is 0 Å². The number of amides is 2. The fraction of sp³-hybridized carbons (Fsp3) is 0.235. The maximum atomic E-state index is 12.5. The number of hydrogen-bond donors (Lipinski definition) is 1. The zero-order chi connectivity index (χ0) is 15.5. The molecular weight excluding hydrogens is 280 g/mol. The number of urea groups is 1. The van der Waals surface area contributed by atoms with Crippen LogP contribution in [0.5, 0.6) is 11.5 Å². The highest BCUT2D eigenvalue weighted by atomic mass is 16.5. The van der Waals surface area contributed by atoms with Gasteiger partial charge in [0.15, 0.2) is 0 Å². The van der Waals surface area contributed by atoms with Crippen molar-refractivity contribution in [2.24, 2.45) is 0 Å². The molecule has 1 aliphatic heterocycles. The Morgan fingerprint density at radius 1 is 1.23 bits per heavy atom. The van der Waals surface area contributed by atoms with Crippen LogP contribution in [0.25, 0.3) is 0 Å². The topological polar surface area (TPSA) is 50.8 Å². The third kappa shape index (κ3) is 2.83. The minimum absolute atomic E-state index is 0.166. The molecule has 0 aliphatic carbocycles. The van der Waals surface area contributed by atoms with Crippen LogP contribution in [0.4, 0.5) is 16.2 Å². The van der Waals surface area contributed by atoms with Gasteiger partial charge in [-0.3, -0.25) is 4.90 Å². The number of rotatable bonds is 2. The zero-order valence-corrected chi connectivity index (χ0v) is 12.6. The van der Waals surface area contributed by atoms with E-state index in [0.717, 1.165) is 28.4 Å². The van der Waals surface area contributed by atoms with E-state index in [-0.39, 0.29) is 6.03 Å². The number of ether oxygens (including phenoxy) is 2. The molecule has 2 aromatic carbocycles. The molecule has 114 valence electrons. The summed E-state index contributed by atoms with van der Waals surface area (Å²) in [6, 6.07) is 12.9. The van der Waals surface area contributed by atoms with Gasteiger partial charge in [0, 0.05) is 5.69 Å². The monoisotopic (exact) mass is 298 g/mol. The van der Waals surface area contributed by atoms with Crippen LogP contribution in [0.1, 0.15) is 5.56 Å². The lowest BCUT2D eigenvalue weighted by Gasteiger charge is -2.29. The minimum atomic E-state index is -0.166. The fourth-order valence-electron chi connectivity index (χ4n) is 2.40. The molecule has 1 aliphatic rings. The van der Waals surface area contributed by atoms with Crippen molar-refractivity contribution < 1.29 is 14.3 Å². The Labute approximate surface area is 129 Å². The standard InChI is InChI=1S/C17H18N2O3/c1-12-3-8-16-15(11-12)19(9-10-22-16)17(20)18-13-4-6-14(21-2)7-5-13/h3-8,11H,9-10H2,1-2H3,(H,18,20). The molecule has 2 aromatic rings. The molecule has 0 spiro atoms. The molecule has 5 nitrogen and oxygen atoms in total. The summed E-state index contributed by atoms with van der Waals surface area (Å²) < 4.78 is 10.7. The van der Waals surface area contributed by atoms with Crippen molar-refractivity contribution in [1.29, 1.82) is 0 Å². The maximum absolute atomic E-state index is 12.5. The summed E-state index contributed by atoms with van der Waals surface area (Å²) in [7, 11) is 1.61. The number of hydrogen-bond acceptors (Lipinski definition) is 3. The average molecular weight is 298 g/mol. The van der Waals surface area contributed by atoms with Gasteiger partial charge in [-0.2, -0.15) is 0 Å². The molecule has 0 atom stereocenters. The Kier molecular flexibility index (Phi) is 3.87. The summed E-state index contributed by atoms with van der Waals surface area (Å²) in [5.74, 6) is 1.49. The average Bonchev–Trinajstić information content (AvgIpc) is 2.55. The predicted octanol–water partition coefficient (Wildman–Crippen LogP) is 3.43. The molecule has 0 aromatic heterocycles. The van der Waals surface area contributed by atoms with Crippen LogP contribution in [0.3, 0.4) is 0 Å². The van der Waals surface area contributed by atoms with Gasteiger partial charge in [0.05, 0.1) is 19.3 Å². The molecule has 3 rings (SSSR count). The summed E-state index contributed by atoms with van der Waals surface area (Å²) >= 11 is 0. The molecule has 0 fully saturated rings. The number of methoxy groups -OCH3 is 1. The van der Waals surface area contributed by atoms with Crippen molar-refractivity contribution in [1.82, 2.24) is 0 Å². The molecule has 22 heavy (non-hydrogen) atoms. The van der Waals surface area contributed by atoms with Gasteiger partial charge in [-0.05, 0) is 48.9 Å². The zero-order valence-electron chi connectivity index (χ0n) is 12.6. The molecule has 0 radical (unpaired) electrons. The Hall–Kier alpha value is -2.69. The van der Waals surface area contributed by atoms with Crippen molar-refractivity contribution in [2.75, 3.05) is 30.5 Å². The van der Waals surface area contributed by atoms with E-state index in [1.165, 1.54) is 0 Å². The van der Waals surface area contributed by atoms with Gasteiger partial charge in [0.1, 0.15) is 18.1 Å². The first-order chi connectivity index (χ1) is 10.7. The number of nitrogens with zero attached hydrogens (tertiary/aromatic N) is 1. The van der Waals surface area contributed by atoms with Gasteiger partial charge in [-0.25, -0.2) is 4.79 Å². The molecule has 0 bridgehead atoms. The summed E-state index contributed by atoms with van der Waals surface area (Å²) in [6.45, 7) is 3.01. The van der Waals surface area contributed by atoms with E-state index in [2.05, 4.69) is 5.32 Å². The Morgan fingerprint density at radius 2 is 2.00 bits per heavy atom. The van der Waals surface area contributed by atoms with Crippen LogP contribution in [-0.2, 0) is 0 Å². The summed E-state index contributed by atoms with van der Waals surface area (Å²) in [5, 5.41) is 2.90. The van der Waals surface area contributed by atoms with Crippen LogP contribution in [0.15, 0.2) is 42.5 Å². The lowest BCUT2D eigenvalue weighted by Crippen LogP contribution is -2.40. The third-order valence-corrected chi connectivity index (χ3v) is 3.56. The number of carbonyl (C=O) groups excluding carboxylic acids is 1. The van der Waals surface area contributed by atoms with E-state index < -0.39 is 0 Å². The highest BCUT2D eigenvalue weighted by molar-refractivity contribution is 6.03. The van der Waals surface area contributed by atoms with E-state index in [9.17, 15) is 4.79 Å². The van der Waals surface area contributed by atoms with Crippen LogP contribution >= 0.6 is 0 Å². The van der Waals surface area contributed by atoms with Crippen LogP contribution in [-0.4, -0.2) is 26.3 Å². The fourth-order valence-corrected chi connectivity index (χ4v) is 2.40. The Morgan fingerprint density at radius 3 is 2.73 bits per heavy atom. The van der Waals surface area contributed by atoms with Gasteiger partial charge in [-0.15, -0.1) is 0 Å². The van der Waals surface area contributed by atoms with Crippen LogP contribution < -0.4 is 19.7 Å². The highest BCUT2D eigenvalue weighted by Crippen LogP contribution is 2.32. The number of nitrogens with one attached hydrogen (secondary N) is 1. The molecule has 1 N–H and O–H groups in total. The first-order valence-electron chi connectivity index (χ1n) is 7.13. The lowest BCUT2D eigenvalue weighted by molar-refractivity contribution is 0.250. The van der Waals surface area contributed by atoms with Crippen molar-refractivity contribution >= 4 is 17.4 Å². The first-order valence-corrected chi connectivity index (χ1v) is 7.13. The second-order valence-electron chi connectivity index (χ2n) is 5.13. The number of carbonyl (C=O) groups is 1. The highest BCUT2D eigenvalue weighted by Gasteiger charge is 2.23. The van der Waals surface area contributed by atoms with E-state index >= 15 is 0 Å². The van der Waals surface area contributed by atoms with E-state index in [4.69, 9.17) is 9.47 Å². The summed E-state index contributed by atoms with van der Waals surface area (Å²) in [4.78, 5) is 14.2. The van der Waals surface area contributed by atoms with Crippen molar-refractivity contribution in [3.8, 4) is 11.5 Å². The largest absolute Gasteiger partial charge is 0.497 e. The van der Waals surface area contributed by atoms with Crippen molar-refractivity contribution in [3.63, 3.8) is 0 Å². The Balaban J connectivity index is 1.79. The second-order valence-corrected chi connectivity index (χ2v) is 5.13. The molecule has 2 amide bonds. The number of fused-ring (bicyclic) bond motifs is 1. The number of anilines is 2. The smallest absolute Gasteiger partial charge is 0.326 e. The molecule has 5 heteroatoms. The first kappa shape index (κ1) is 14.3. The van der Waals surface area contributed by atoms with E-state index in [1.54, 1.807) is 12.0 Å². The van der Waals surface area contributed by atoms with Crippen molar-refractivity contribution in [3.05, 3.63) is 48.0 Å². The predicted molar refractivity (Wildman–Crippen MR) is 86.0 cm³/mol.